The van der Waals surface area contributed by atoms with Crippen molar-refractivity contribution in [3.8, 4) is 0 Å². The molecule has 0 bridgehead atoms. The Morgan fingerprint density at radius 2 is 1.30 bits per heavy atom. The first-order valence-corrected chi connectivity index (χ1v) is 10.7. The van der Waals surface area contributed by atoms with Crippen LogP contribution in [0.3, 0.4) is 0 Å². The number of rotatable bonds is 17. The fourth-order valence-electron chi connectivity index (χ4n) is 2.93. The Balaban J connectivity index is 4.06. The molecular weight excluding hydrogens is 344 g/mol. The second kappa shape index (κ2) is 18.0. The van der Waals surface area contributed by atoms with Crippen LogP contribution in [0.25, 0.3) is 0 Å². The zero-order valence-electron chi connectivity index (χ0n) is 17.6. The Morgan fingerprint density at radius 3 is 1.85 bits per heavy atom. The molecule has 0 aromatic rings. The van der Waals surface area contributed by atoms with E-state index in [1.807, 2.05) is 12.2 Å². The molecule has 0 amide bonds. The third-order valence-corrected chi connectivity index (χ3v) is 4.53. The van der Waals surface area contributed by atoms with Crippen molar-refractivity contribution in [3.63, 3.8) is 0 Å². The minimum Gasteiger partial charge on any atom is -0.466 e. The van der Waals surface area contributed by atoms with E-state index in [4.69, 9.17) is 9.47 Å². The van der Waals surface area contributed by atoms with Crippen molar-refractivity contribution in [2.75, 3.05) is 13.2 Å². The first-order chi connectivity index (χ1) is 13.1. The molecule has 0 spiro atoms. The van der Waals surface area contributed by atoms with Crippen LogP contribution in [0.15, 0.2) is 12.2 Å². The number of ether oxygens (including phenoxy) is 2. The van der Waals surface area contributed by atoms with Gasteiger partial charge in [-0.25, -0.2) is 4.79 Å². The highest BCUT2D eigenvalue weighted by atomic mass is 16.6. The second-order valence-electron chi connectivity index (χ2n) is 6.88. The molecule has 5 heteroatoms. The number of hydrogen-bond donors (Lipinski definition) is 1. The van der Waals surface area contributed by atoms with Crippen LogP contribution in [0, 0.1) is 5.92 Å². The molecule has 2 atom stereocenters. The van der Waals surface area contributed by atoms with E-state index in [2.05, 4.69) is 6.92 Å². The zero-order valence-corrected chi connectivity index (χ0v) is 17.6. The third kappa shape index (κ3) is 13.5. The number of hydrogen-bond acceptors (Lipinski definition) is 5. The van der Waals surface area contributed by atoms with Gasteiger partial charge >= 0.3 is 11.9 Å². The second-order valence-corrected chi connectivity index (χ2v) is 6.88. The van der Waals surface area contributed by atoms with Crippen LogP contribution >= 0.6 is 0 Å². The highest BCUT2D eigenvalue weighted by molar-refractivity contribution is 5.83. The van der Waals surface area contributed by atoms with Gasteiger partial charge in [0.2, 0.25) is 0 Å². The molecule has 0 aliphatic heterocycles. The molecule has 27 heavy (non-hydrogen) atoms. The van der Waals surface area contributed by atoms with E-state index in [0.717, 1.165) is 12.8 Å². The van der Waals surface area contributed by atoms with E-state index in [1.54, 1.807) is 13.8 Å². The largest absolute Gasteiger partial charge is 0.466 e. The molecule has 1 N–H and O–H groups in total. The van der Waals surface area contributed by atoms with E-state index in [9.17, 15) is 14.7 Å². The lowest BCUT2D eigenvalue weighted by Gasteiger charge is -2.18. The van der Waals surface area contributed by atoms with E-state index in [1.165, 1.54) is 51.4 Å². The van der Waals surface area contributed by atoms with Gasteiger partial charge in [0.1, 0.15) is 0 Å². The van der Waals surface area contributed by atoms with Crippen LogP contribution in [0.2, 0.25) is 0 Å². The number of carbonyl (C=O) groups excluding carboxylic acids is 2. The maximum atomic E-state index is 12.0. The number of aliphatic hydroxyl groups is 1. The Kier molecular flexibility index (Phi) is 17.1. The van der Waals surface area contributed by atoms with Crippen LogP contribution in [-0.4, -0.2) is 36.4 Å². The number of aliphatic hydroxyl groups excluding tert-OH is 1. The van der Waals surface area contributed by atoms with Crippen molar-refractivity contribution < 1.29 is 24.2 Å². The molecule has 0 aromatic heterocycles. The van der Waals surface area contributed by atoms with Gasteiger partial charge in [-0.05, 0) is 33.1 Å². The van der Waals surface area contributed by atoms with Crippen LogP contribution in [-0.2, 0) is 19.1 Å². The molecule has 158 valence electrons. The SMILES string of the molecule is CCCCCCCCCCC/C=C/C[C@@H](C(=O)OCC)[C@H](O)C(=O)OCC. The average Bonchev–Trinajstić information content (AvgIpc) is 2.65. The predicted octanol–water partition coefficient (Wildman–Crippen LogP) is 4.96. The molecule has 5 nitrogen and oxygen atoms in total. The first kappa shape index (κ1) is 25.6. The standard InChI is InChI=1S/C22H40O5/c1-4-7-8-9-10-11-12-13-14-15-16-17-18-19(21(24)26-5-2)20(23)22(25)27-6-3/h16-17,19-20,23H,4-15,18H2,1-3H3/b17-16+/t19-,20+/m1/s1. The van der Waals surface area contributed by atoms with Gasteiger partial charge in [-0.1, -0.05) is 70.4 Å². The summed E-state index contributed by atoms with van der Waals surface area (Å²) in [6.45, 7) is 5.98. The summed E-state index contributed by atoms with van der Waals surface area (Å²) < 4.78 is 9.78. The summed E-state index contributed by atoms with van der Waals surface area (Å²) in [4.78, 5) is 23.7. The fourth-order valence-corrected chi connectivity index (χ4v) is 2.93. The summed E-state index contributed by atoms with van der Waals surface area (Å²) >= 11 is 0. The van der Waals surface area contributed by atoms with Crippen LogP contribution in [0.4, 0.5) is 0 Å². The zero-order chi connectivity index (χ0) is 20.3. The number of carbonyl (C=O) groups is 2. The van der Waals surface area contributed by atoms with Crippen molar-refractivity contribution >= 4 is 11.9 Å². The lowest BCUT2D eigenvalue weighted by molar-refractivity contribution is -0.165. The topological polar surface area (TPSA) is 72.8 Å². The van der Waals surface area contributed by atoms with E-state index < -0.39 is 24.0 Å². The van der Waals surface area contributed by atoms with Crippen molar-refractivity contribution in [3.05, 3.63) is 12.2 Å². The number of allylic oxidation sites excluding steroid dienone is 2. The summed E-state index contributed by atoms with van der Waals surface area (Å²) in [5.41, 5.74) is 0. The lowest BCUT2D eigenvalue weighted by Crippen LogP contribution is -2.37. The summed E-state index contributed by atoms with van der Waals surface area (Å²) in [5, 5.41) is 10.1. The molecule has 0 radical (unpaired) electrons. The van der Waals surface area contributed by atoms with Crippen LogP contribution in [0.5, 0.6) is 0 Å². The van der Waals surface area contributed by atoms with E-state index in [0.29, 0.717) is 0 Å². The normalized spacial score (nSPS) is 13.5. The lowest BCUT2D eigenvalue weighted by atomic mass is 9.98. The summed E-state index contributed by atoms with van der Waals surface area (Å²) in [5.74, 6) is -2.25. The maximum Gasteiger partial charge on any atom is 0.335 e. The molecule has 0 unspecified atom stereocenters. The minimum atomic E-state index is -1.48. The van der Waals surface area contributed by atoms with Crippen molar-refractivity contribution in [1.29, 1.82) is 0 Å². The maximum absolute atomic E-state index is 12.0. The fraction of sp³-hybridized carbons (Fsp3) is 0.818. The molecule has 0 aliphatic rings. The molecule has 0 heterocycles. The number of esters is 2. The molecular formula is C22H40O5. The third-order valence-electron chi connectivity index (χ3n) is 4.53. The Labute approximate surface area is 165 Å². The Morgan fingerprint density at radius 1 is 0.778 bits per heavy atom. The Hall–Kier alpha value is -1.36. The molecule has 0 aromatic carbocycles. The highest BCUT2D eigenvalue weighted by Gasteiger charge is 2.33. The van der Waals surface area contributed by atoms with Gasteiger partial charge in [0.05, 0.1) is 19.1 Å². The average molecular weight is 385 g/mol. The van der Waals surface area contributed by atoms with E-state index in [-0.39, 0.29) is 19.6 Å². The summed E-state index contributed by atoms with van der Waals surface area (Å²) in [7, 11) is 0. The van der Waals surface area contributed by atoms with E-state index >= 15 is 0 Å². The minimum absolute atomic E-state index is 0.167. The highest BCUT2D eigenvalue weighted by Crippen LogP contribution is 2.15. The van der Waals surface area contributed by atoms with Gasteiger partial charge in [-0.15, -0.1) is 0 Å². The van der Waals surface area contributed by atoms with Gasteiger partial charge in [0.25, 0.3) is 0 Å². The monoisotopic (exact) mass is 384 g/mol. The van der Waals surface area contributed by atoms with Crippen molar-refractivity contribution in [2.24, 2.45) is 5.92 Å². The molecule has 0 rings (SSSR count). The van der Waals surface area contributed by atoms with Gasteiger partial charge < -0.3 is 14.6 Å². The molecule has 0 aliphatic carbocycles. The Bertz CT molecular complexity index is 406. The van der Waals surface area contributed by atoms with Gasteiger partial charge in [-0.2, -0.15) is 0 Å². The molecule has 0 saturated heterocycles. The predicted molar refractivity (Wildman–Crippen MR) is 108 cm³/mol. The van der Waals surface area contributed by atoms with Crippen molar-refractivity contribution in [2.45, 2.75) is 97.5 Å². The summed E-state index contributed by atoms with van der Waals surface area (Å²) in [6, 6.07) is 0. The van der Waals surface area contributed by atoms with Crippen LogP contribution in [0.1, 0.15) is 91.4 Å². The van der Waals surface area contributed by atoms with Crippen molar-refractivity contribution in [1.82, 2.24) is 0 Å². The molecule has 0 saturated carbocycles. The summed E-state index contributed by atoms with van der Waals surface area (Å²) in [6.07, 6.45) is 15.2. The van der Waals surface area contributed by atoms with Gasteiger partial charge in [0.15, 0.2) is 6.10 Å². The first-order valence-electron chi connectivity index (χ1n) is 10.7. The van der Waals surface area contributed by atoms with Gasteiger partial charge in [-0.3, -0.25) is 4.79 Å². The van der Waals surface area contributed by atoms with Gasteiger partial charge in [0, 0.05) is 0 Å². The smallest absolute Gasteiger partial charge is 0.335 e. The number of unbranched alkanes of at least 4 members (excludes halogenated alkanes) is 9. The molecule has 0 fully saturated rings. The quantitative estimate of drug-likeness (QED) is 0.218. The van der Waals surface area contributed by atoms with Crippen LogP contribution < -0.4 is 0 Å².